The molecule has 0 bridgehead atoms. The Kier molecular flexibility index (Phi) is 4.25. The lowest BCUT2D eigenvalue weighted by atomic mass is 10.1. The molecule has 3 nitrogen and oxygen atoms in total. The Morgan fingerprint density at radius 1 is 1.18 bits per heavy atom. The number of benzene rings is 2. The van der Waals surface area contributed by atoms with Crippen molar-refractivity contribution in [2.45, 2.75) is 6.92 Å². The summed E-state index contributed by atoms with van der Waals surface area (Å²) in [5, 5.41) is 6.68. The molecule has 3 rings (SSSR count). The van der Waals surface area contributed by atoms with E-state index in [0.717, 1.165) is 16.8 Å². The highest BCUT2D eigenvalue weighted by molar-refractivity contribution is 7.14. The van der Waals surface area contributed by atoms with E-state index in [4.69, 9.17) is 0 Å². The molecule has 3 aromatic rings. The van der Waals surface area contributed by atoms with Crippen molar-refractivity contribution in [3.05, 3.63) is 70.9 Å². The van der Waals surface area contributed by atoms with E-state index in [1.54, 1.807) is 12.1 Å². The van der Waals surface area contributed by atoms with Gasteiger partial charge in [-0.2, -0.15) is 5.10 Å². The van der Waals surface area contributed by atoms with Crippen molar-refractivity contribution in [3.8, 4) is 11.3 Å². The second-order valence-corrected chi connectivity index (χ2v) is 5.66. The summed E-state index contributed by atoms with van der Waals surface area (Å²) >= 11 is 1.46. The van der Waals surface area contributed by atoms with Crippen LogP contribution in [0.5, 0.6) is 0 Å². The molecule has 5 heteroatoms. The highest BCUT2D eigenvalue weighted by Gasteiger charge is 2.03. The third-order valence-corrected chi connectivity index (χ3v) is 3.84. The first-order valence-electron chi connectivity index (χ1n) is 6.78. The third-order valence-electron chi connectivity index (χ3n) is 3.09. The van der Waals surface area contributed by atoms with Crippen LogP contribution in [0.4, 0.5) is 9.52 Å². The van der Waals surface area contributed by atoms with Gasteiger partial charge in [0.15, 0.2) is 0 Å². The van der Waals surface area contributed by atoms with Crippen LogP contribution in [0.1, 0.15) is 11.1 Å². The second kappa shape index (κ2) is 6.49. The van der Waals surface area contributed by atoms with E-state index in [-0.39, 0.29) is 5.82 Å². The van der Waals surface area contributed by atoms with Crippen molar-refractivity contribution in [2.75, 3.05) is 5.43 Å². The van der Waals surface area contributed by atoms with E-state index in [1.165, 1.54) is 23.6 Å². The minimum absolute atomic E-state index is 0.291. The monoisotopic (exact) mass is 311 g/mol. The van der Waals surface area contributed by atoms with E-state index in [0.29, 0.717) is 10.7 Å². The first-order chi connectivity index (χ1) is 10.7. The Labute approximate surface area is 132 Å². The quantitative estimate of drug-likeness (QED) is 0.560. The molecule has 1 N–H and O–H groups in total. The van der Waals surface area contributed by atoms with Gasteiger partial charge in [0.25, 0.3) is 0 Å². The lowest BCUT2D eigenvalue weighted by Crippen LogP contribution is -1.93. The molecule has 0 spiro atoms. The molecule has 0 saturated heterocycles. The molecule has 0 amide bonds. The van der Waals surface area contributed by atoms with Gasteiger partial charge in [0, 0.05) is 16.5 Å². The van der Waals surface area contributed by atoms with Gasteiger partial charge in [0.05, 0.1) is 11.9 Å². The SMILES string of the molecule is Cc1ccc(F)c(C=NNc2nc(-c3ccccc3)cs2)c1. The fraction of sp³-hybridized carbons (Fsp3) is 0.0588. The summed E-state index contributed by atoms with van der Waals surface area (Å²) in [5.41, 5.74) is 6.23. The number of hydrogen-bond acceptors (Lipinski definition) is 4. The number of hydrazone groups is 1. The molecule has 0 fully saturated rings. The molecule has 110 valence electrons. The number of thiazole rings is 1. The molecule has 1 heterocycles. The molecular formula is C17H14FN3S. The largest absolute Gasteiger partial charge is 0.253 e. The molecule has 22 heavy (non-hydrogen) atoms. The van der Waals surface area contributed by atoms with Crippen LogP contribution in [0.2, 0.25) is 0 Å². The third kappa shape index (κ3) is 3.38. The van der Waals surface area contributed by atoms with Gasteiger partial charge in [-0.05, 0) is 19.1 Å². The molecule has 2 aromatic carbocycles. The average molecular weight is 311 g/mol. The highest BCUT2D eigenvalue weighted by atomic mass is 32.1. The van der Waals surface area contributed by atoms with Gasteiger partial charge in [-0.3, -0.25) is 5.43 Å². The first-order valence-corrected chi connectivity index (χ1v) is 7.66. The van der Waals surface area contributed by atoms with E-state index in [9.17, 15) is 4.39 Å². The fourth-order valence-electron chi connectivity index (χ4n) is 1.99. The first kappa shape index (κ1) is 14.4. The minimum Gasteiger partial charge on any atom is -0.253 e. The van der Waals surface area contributed by atoms with Crippen LogP contribution in [0.3, 0.4) is 0 Å². The molecule has 0 unspecified atom stereocenters. The zero-order valence-electron chi connectivity index (χ0n) is 12.0. The fourth-order valence-corrected chi connectivity index (χ4v) is 2.65. The number of nitrogens with zero attached hydrogens (tertiary/aromatic N) is 2. The van der Waals surface area contributed by atoms with Gasteiger partial charge in [0.2, 0.25) is 5.13 Å². The number of aromatic nitrogens is 1. The van der Waals surface area contributed by atoms with Crippen LogP contribution in [0.25, 0.3) is 11.3 Å². The van der Waals surface area contributed by atoms with Crippen LogP contribution in [0.15, 0.2) is 59.0 Å². The maximum Gasteiger partial charge on any atom is 0.203 e. The van der Waals surface area contributed by atoms with E-state index >= 15 is 0 Å². The van der Waals surface area contributed by atoms with E-state index in [1.807, 2.05) is 42.6 Å². The van der Waals surface area contributed by atoms with Crippen LogP contribution in [0, 0.1) is 12.7 Å². The molecule has 0 aliphatic heterocycles. The van der Waals surface area contributed by atoms with Gasteiger partial charge in [0.1, 0.15) is 5.82 Å². The van der Waals surface area contributed by atoms with Gasteiger partial charge < -0.3 is 0 Å². The molecular weight excluding hydrogens is 297 g/mol. The maximum atomic E-state index is 13.6. The number of rotatable bonds is 4. The van der Waals surface area contributed by atoms with Crippen molar-refractivity contribution >= 4 is 22.7 Å². The van der Waals surface area contributed by atoms with Gasteiger partial charge in [-0.25, -0.2) is 9.37 Å². The Bertz CT molecular complexity index is 797. The Balaban J connectivity index is 1.71. The van der Waals surface area contributed by atoms with Crippen LogP contribution in [-0.2, 0) is 0 Å². The lowest BCUT2D eigenvalue weighted by molar-refractivity contribution is 0.625. The number of anilines is 1. The molecule has 0 atom stereocenters. The van der Waals surface area contributed by atoms with E-state index < -0.39 is 0 Å². The van der Waals surface area contributed by atoms with Crippen LogP contribution >= 0.6 is 11.3 Å². The number of aryl methyl sites for hydroxylation is 1. The smallest absolute Gasteiger partial charge is 0.203 e. The highest BCUT2D eigenvalue weighted by Crippen LogP contribution is 2.24. The minimum atomic E-state index is -0.291. The predicted molar refractivity (Wildman–Crippen MR) is 89.9 cm³/mol. The second-order valence-electron chi connectivity index (χ2n) is 4.80. The Hall–Kier alpha value is -2.53. The normalized spacial score (nSPS) is 11.0. The molecule has 0 aliphatic rings. The Morgan fingerprint density at radius 3 is 2.82 bits per heavy atom. The number of halogens is 1. The summed E-state index contributed by atoms with van der Waals surface area (Å²) in [6, 6.07) is 14.8. The molecule has 1 aromatic heterocycles. The zero-order valence-corrected chi connectivity index (χ0v) is 12.8. The van der Waals surface area contributed by atoms with Crippen LogP contribution in [-0.4, -0.2) is 11.2 Å². The summed E-state index contributed by atoms with van der Waals surface area (Å²) in [4.78, 5) is 4.45. The van der Waals surface area contributed by atoms with E-state index in [2.05, 4.69) is 15.5 Å². The van der Waals surface area contributed by atoms with Crippen molar-refractivity contribution in [2.24, 2.45) is 5.10 Å². The molecule has 0 radical (unpaired) electrons. The van der Waals surface area contributed by atoms with Crippen molar-refractivity contribution in [1.29, 1.82) is 0 Å². The van der Waals surface area contributed by atoms with Gasteiger partial charge in [-0.1, -0.05) is 42.0 Å². The summed E-state index contributed by atoms with van der Waals surface area (Å²) in [7, 11) is 0. The zero-order chi connectivity index (χ0) is 15.4. The van der Waals surface area contributed by atoms with Crippen molar-refractivity contribution in [3.63, 3.8) is 0 Å². The summed E-state index contributed by atoms with van der Waals surface area (Å²) < 4.78 is 13.6. The average Bonchev–Trinajstić information content (AvgIpc) is 3.00. The van der Waals surface area contributed by atoms with Crippen LogP contribution < -0.4 is 5.43 Å². The lowest BCUT2D eigenvalue weighted by Gasteiger charge is -1.98. The predicted octanol–water partition coefficient (Wildman–Crippen LogP) is 4.70. The van der Waals surface area contributed by atoms with Gasteiger partial charge >= 0.3 is 0 Å². The molecule has 0 aliphatic carbocycles. The number of hydrogen-bond donors (Lipinski definition) is 1. The number of nitrogens with one attached hydrogen (secondary N) is 1. The topological polar surface area (TPSA) is 37.3 Å². The van der Waals surface area contributed by atoms with Crippen molar-refractivity contribution < 1.29 is 4.39 Å². The Morgan fingerprint density at radius 2 is 2.00 bits per heavy atom. The van der Waals surface area contributed by atoms with Crippen molar-refractivity contribution in [1.82, 2.24) is 4.98 Å². The standard InChI is InChI=1S/C17H14FN3S/c1-12-7-8-15(18)14(9-12)10-19-21-17-20-16(11-22-17)13-5-3-2-4-6-13/h2-11H,1H3,(H,20,21). The van der Waals surface area contributed by atoms with Gasteiger partial charge in [-0.15, -0.1) is 11.3 Å². The summed E-state index contributed by atoms with van der Waals surface area (Å²) in [6.07, 6.45) is 1.46. The molecule has 0 saturated carbocycles. The summed E-state index contributed by atoms with van der Waals surface area (Å²) in [5.74, 6) is -0.291. The summed E-state index contributed by atoms with van der Waals surface area (Å²) in [6.45, 7) is 1.91. The maximum absolute atomic E-state index is 13.6.